The molecule has 0 fully saturated rings. The molecule has 0 aromatic heterocycles. The molecule has 1 unspecified atom stereocenters. The lowest BCUT2D eigenvalue weighted by atomic mass is 9.90. The molecule has 2 nitrogen and oxygen atoms in total. The van der Waals surface area contributed by atoms with Crippen LogP contribution in [-0.4, -0.2) is 17.8 Å². The summed E-state index contributed by atoms with van der Waals surface area (Å²) in [6.07, 6.45) is -0.442. The summed E-state index contributed by atoms with van der Waals surface area (Å²) in [6.45, 7) is 10.3. The monoisotopic (exact) mass is 224 g/mol. The Bertz CT molecular complexity index is 262. The largest absolute Gasteiger partial charge is 0.491 e. The fourth-order valence-electron chi connectivity index (χ4n) is 0.942. The molecule has 0 heterocycles. The Labute approximate surface area is 99.3 Å². The van der Waals surface area contributed by atoms with Crippen molar-refractivity contribution in [1.29, 1.82) is 0 Å². The Kier molecular flexibility index (Phi) is 6.82. The lowest BCUT2D eigenvalue weighted by Gasteiger charge is -2.25. The molecule has 0 aliphatic rings. The van der Waals surface area contributed by atoms with Gasteiger partial charge in [-0.25, -0.2) is 0 Å². The van der Waals surface area contributed by atoms with E-state index in [9.17, 15) is 5.11 Å². The fraction of sp³-hybridized carbons (Fsp3) is 0.571. The summed E-state index contributed by atoms with van der Waals surface area (Å²) >= 11 is 0. The smallest absolute Gasteiger partial charge is 0.119 e. The van der Waals surface area contributed by atoms with Crippen LogP contribution in [0.15, 0.2) is 30.3 Å². The van der Waals surface area contributed by atoms with Crippen molar-refractivity contribution in [3.05, 3.63) is 30.3 Å². The van der Waals surface area contributed by atoms with E-state index in [1.807, 2.05) is 65.0 Å². The maximum Gasteiger partial charge on any atom is 0.119 e. The van der Waals surface area contributed by atoms with Gasteiger partial charge in [0.25, 0.3) is 0 Å². The van der Waals surface area contributed by atoms with Gasteiger partial charge in [-0.2, -0.15) is 0 Å². The molecule has 1 aromatic rings. The standard InChI is InChI=1S/C12H18O2.C2H6/c1-12(2,3)11(13)9-14-10-7-5-4-6-8-10;1-2/h4-8,11,13H,9H2,1-3H3;1-2H3. The van der Waals surface area contributed by atoms with E-state index >= 15 is 0 Å². The first kappa shape index (κ1) is 15.0. The lowest BCUT2D eigenvalue weighted by molar-refractivity contribution is 0.0218. The highest BCUT2D eigenvalue weighted by molar-refractivity contribution is 5.20. The minimum absolute atomic E-state index is 0.130. The molecule has 0 amide bonds. The molecule has 0 bridgehead atoms. The van der Waals surface area contributed by atoms with E-state index in [1.54, 1.807) is 0 Å². The summed E-state index contributed by atoms with van der Waals surface area (Å²) in [6, 6.07) is 9.54. The Balaban J connectivity index is 0.00000106. The molecule has 1 atom stereocenters. The van der Waals surface area contributed by atoms with E-state index in [-0.39, 0.29) is 5.41 Å². The van der Waals surface area contributed by atoms with Crippen molar-refractivity contribution in [2.75, 3.05) is 6.61 Å². The Hall–Kier alpha value is -1.02. The third-order valence-electron chi connectivity index (χ3n) is 2.15. The van der Waals surface area contributed by atoms with Crippen LogP contribution in [0.2, 0.25) is 0 Å². The molecular weight excluding hydrogens is 200 g/mol. The van der Waals surface area contributed by atoms with E-state index in [2.05, 4.69) is 0 Å². The fourth-order valence-corrected chi connectivity index (χ4v) is 0.942. The van der Waals surface area contributed by atoms with Crippen molar-refractivity contribution in [1.82, 2.24) is 0 Å². The van der Waals surface area contributed by atoms with Crippen LogP contribution in [0.25, 0.3) is 0 Å². The highest BCUT2D eigenvalue weighted by atomic mass is 16.5. The van der Waals surface area contributed by atoms with Crippen LogP contribution in [0.3, 0.4) is 0 Å². The second kappa shape index (κ2) is 7.29. The Morgan fingerprint density at radius 2 is 1.62 bits per heavy atom. The zero-order valence-corrected chi connectivity index (χ0v) is 11.0. The van der Waals surface area contributed by atoms with E-state index in [0.29, 0.717) is 6.61 Å². The molecular formula is C14H24O2. The summed E-state index contributed by atoms with van der Waals surface area (Å²) in [7, 11) is 0. The zero-order chi connectivity index (χ0) is 12.6. The van der Waals surface area contributed by atoms with Crippen molar-refractivity contribution < 1.29 is 9.84 Å². The predicted molar refractivity (Wildman–Crippen MR) is 68.7 cm³/mol. The number of rotatable bonds is 3. The zero-order valence-electron chi connectivity index (χ0n) is 11.0. The number of hydrogen-bond acceptors (Lipinski definition) is 2. The summed E-state index contributed by atoms with van der Waals surface area (Å²) in [5.41, 5.74) is -0.130. The summed E-state index contributed by atoms with van der Waals surface area (Å²) < 4.78 is 5.44. The first-order valence-corrected chi connectivity index (χ1v) is 5.86. The highest BCUT2D eigenvalue weighted by Gasteiger charge is 2.22. The van der Waals surface area contributed by atoms with Crippen LogP contribution in [0.1, 0.15) is 34.6 Å². The minimum atomic E-state index is -0.442. The topological polar surface area (TPSA) is 29.5 Å². The molecule has 0 aliphatic carbocycles. The molecule has 0 radical (unpaired) electrons. The van der Waals surface area contributed by atoms with Crippen LogP contribution in [-0.2, 0) is 0 Å². The van der Waals surface area contributed by atoms with Crippen LogP contribution in [0.5, 0.6) is 5.75 Å². The average Bonchev–Trinajstić information content (AvgIpc) is 2.28. The molecule has 0 aliphatic heterocycles. The van der Waals surface area contributed by atoms with Crippen molar-refractivity contribution in [2.45, 2.75) is 40.7 Å². The van der Waals surface area contributed by atoms with Gasteiger partial charge in [-0.1, -0.05) is 52.8 Å². The van der Waals surface area contributed by atoms with Gasteiger partial charge < -0.3 is 9.84 Å². The number of para-hydroxylation sites is 1. The molecule has 16 heavy (non-hydrogen) atoms. The van der Waals surface area contributed by atoms with Crippen molar-refractivity contribution in [2.24, 2.45) is 5.41 Å². The number of aliphatic hydroxyl groups excluding tert-OH is 1. The van der Waals surface area contributed by atoms with E-state index in [0.717, 1.165) is 5.75 Å². The molecule has 0 saturated carbocycles. The van der Waals surface area contributed by atoms with Gasteiger partial charge in [-0.05, 0) is 17.5 Å². The van der Waals surface area contributed by atoms with Gasteiger partial charge >= 0.3 is 0 Å². The van der Waals surface area contributed by atoms with Gasteiger partial charge in [0.1, 0.15) is 12.4 Å². The van der Waals surface area contributed by atoms with Gasteiger partial charge in [0, 0.05) is 0 Å². The van der Waals surface area contributed by atoms with Crippen LogP contribution in [0, 0.1) is 5.41 Å². The maximum atomic E-state index is 9.72. The highest BCUT2D eigenvalue weighted by Crippen LogP contribution is 2.20. The van der Waals surface area contributed by atoms with Gasteiger partial charge in [0.2, 0.25) is 0 Å². The van der Waals surface area contributed by atoms with Gasteiger partial charge in [0.15, 0.2) is 0 Å². The second-order valence-electron chi connectivity index (χ2n) is 4.51. The molecule has 2 heteroatoms. The first-order valence-electron chi connectivity index (χ1n) is 5.86. The average molecular weight is 224 g/mol. The van der Waals surface area contributed by atoms with Crippen LogP contribution >= 0.6 is 0 Å². The molecule has 92 valence electrons. The number of hydrogen-bond donors (Lipinski definition) is 1. The summed E-state index contributed by atoms with van der Waals surface area (Å²) in [5.74, 6) is 0.802. The van der Waals surface area contributed by atoms with Gasteiger partial charge in [-0.15, -0.1) is 0 Å². The molecule has 1 N–H and O–H groups in total. The third-order valence-corrected chi connectivity index (χ3v) is 2.15. The molecule has 0 saturated heterocycles. The molecule has 0 spiro atoms. The maximum absolute atomic E-state index is 9.72. The summed E-state index contributed by atoms with van der Waals surface area (Å²) in [5, 5.41) is 9.72. The predicted octanol–water partition coefficient (Wildman–Crippen LogP) is 3.50. The summed E-state index contributed by atoms with van der Waals surface area (Å²) in [4.78, 5) is 0. The second-order valence-corrected chi connectivity index (χ2v) is 4.51. The molecule has 1 aromatic carbocycles. The van der Waals surface area contributed by atoms with Crippen molar-refractivity contribution in [3.8, 4) is 5.75 Å². The lowest BCUT2D eigenvalue weighted by Crippen LogP contribution is -2.31. The molecule has 1 rings (SSSR count). The van der Waals surface area contributed by atoms with Gasteiger partial charge in [0.05, 0.1) is 6.10 Å². The third kappa shape index (κ3) is 5.76. The normalized spacial score (nSPS) is 12.4. The van der Waals surface area contributed by atoms with Gasteiger partial charge in [-0.3, -0.25) is 0 Å². The Morgan fingerprint density at radius 1 is 1.12 bits per heavy atom. The minimum Gasteiger partial charge on any atom is -0.491 e. The van der Waals surface area contributed by atoms with E-state index in [4.69, 9.17) is 4.74 Å². The van der Waals surface area contributed by atoms with E-state index in [1.165, 1.54) is 0 Å². The van der Waals surface area contributed by atoms with Crippen LogP contribution < -0.4 is 4.74 Å². The van der Waals surface area contributed by atoms with Crippen LogP contribution in [0.4, 0.5) is 0 Å². The number of ether oxygens (including phenoxy) is 1. The number of aliphatic hydroxyl groups is 1. The quantitative estimate of drug-likeness (QED) is 0.851. The number of benzene rings is 1. The SMILES string of the molecule is CC.CC(C)(C)C(O)COc1ccccc1. The van der Waals surface area contributed by atoms with Crippen molar-refractivity contribution >= 4 is 0 Å². The Morgan fingerprint density at radius 3 is 2.06 bits per heavy atom. The van der Waals surface area contributed by atoms with E-state index < -0.39 is 6.10 Å². The van der Waals surface area contributed by atoms with Crippen molar-refractivity contribution in [3.63, 3.8) is 0 Å². The first-order chi connectivity index (χ1) is 7.50.